The number of aromatic amines is 1. The van der Waals surface area contributed by atoms with Crippen LogP contribution in [0.25, 0.3) is 22.5 Å². The van der Waals surface area contributed by atoms with Gasteiger partial charge in [0.25, 0.3) is 0 Å². The van der Waals surface area contributed by atoms with Crippen LogP contribution in [-0.2, 0) is 24.3 Å². The molecule has 0 fully saturated rings. The molecule has 10 heteroatoms. The van der Waals surface area contributed by atoms with Crippen LogP contribution in [0.4, 0.5) is 4.79 Å². The molecule has 0 saturated carbocycles. The number of benzene rings is 2. The molecule has 0 unspecified atom stereocenters. The molecule has 1 amide bonds. The maximum atomic E-state index is 10.9. The number of ether oxygens (including phenoxy) is 1. The van der Waals surface area contributed by atoms with E-state index < -0.39 is 6.09 Å². The maximum Gasteiger partial charge on any atom is 0.404 e. The molecule has 0 bridgehead atoms. The predicted octanol–water partition coefficient (Wildman–Crippen LogP) is 3.11. The van der Waals surface area contributed by atoms with Gasteiger partial charge in [0.15, 0.2) is 12.4 Å². The minimum absolute atomic E-state index is 0.0345. The normalized spacial score (nSPS) is 10.9. The SMILES string of the molecule is CCCCc1nc(COC(N)=O)nn1Cc1ccc(-c2ccccc2-c2nn[nH]n2)cc1. The zero-order chi connectivity index (χ0) is 22.3. The van der Waals surface area contributed by atoms with Crippen LogP contribution in [0, 0.1) is 0 Å². The Balaban J connectivity index is 1.55. The van der Waals surface area contributed by atoms with Gasteiger partial charge in [-0.15, -0.1) is 10.2 Å². The van der Waals surface area contributed by atoms with E-state index >= 15 is 0 Å². The van der Waals surface area contributed by atoms with Gasteiger partial charge in [0.1, 0.15) is 5.82 Å². The highest BCUT2D eigenvalue weighted by atomic mass is 16.5. The second kappa shape index (κ2) is 9.82. The van der Waals surface area contributed by atoms with E-state index in [9.17, 15) is 4.79 Å². The molecule has 4 aromatic rings. The van der Waals surface area contributed by atoms with E-state index in [0.717, 1.165) is 47.3 Å². The van der Waals surface area contributed by atoms with Crippen molar-refractivity contribution in [2.24, 2.45) is 5.73 Å². The number of aryl methyl sites for hydroxylation is 1. The lowest BCUT2D eigenvalue weighted by molar-refractivity contribution is 0.147. The first kappa shape index (κ1) is 21.2. The van der Waals surface area contributed by atoms with E-state index in [-0.39, 0.29) is 6.61 Å². The Bertz CT molecular complexity index is 1170. The standard InChI is InChI=1S/C22H24N8O2/c1-2-3-8-20-24-19(14-32-22(23)31)27-30(20)13-15-9-11-16(12-10-15)17-6-4-5-7-18(17)21-25-28-29-26-21/h4-7,9-12H,2-3,8,13-14H2,1H3,(H2,23,31)(H,25,26,28,29). The number of carbonyl (C=O) groups excluding carboxylic acids is 1. The minimum atomic E-state index is -0.840. The van der Waals surface area contributed by atoms with Crippen molar-refractivity contribution in [3.05, 3.63) is 65.7 Å². The molecule has 2 aromatic heterocycles. The van der Waals surface area contributed by atoms with Crippen molar-refractivity contribution in [1.29, 1.82) is 0 Å². The van der Waals surface area contributed by atoms with Gasteiger partial charge < -0.3 is 10.5 Å². The highest BCUT2D eigenvalue weighted by molar-refractivity contribution is 5.80. The van der Waals surface area contributed by atoms with E-state index in [1.54, 1.807) is 0 Å². The summed E-state index contributed by atoms with van der Waals surface area (Å²) in [6.07, 6.45) is 2.01. The Hall–Kier alpha value is -4.08. The van der Waals surface area contributed by atoms with E-state index in [1.807, 2.05) is 28.9 Å². The Morgan fingerprint density at radius 3 is 2.59 bits per heavy atom. The zero-order valence-electron chi connectivity index (χ0n) is 17.7. The van der Waals surface area contributed by atoms with Gasteiger partial charge in [-0.2, -0.15) is 10.3 Å². The third-order valence-electron chi connectivity index (χ3n) is 5.00. The maximum absolute atomic E-state index is 10.9. The van der Waals surface area contributed by atoms with Gasteiger partial charge in [-0.3, -0.25) is 0 Å². The number of unbranched alkanes of at least 4 members (excludes halogenated alkanes) is 1. The van der Waals surface area contributed by atoms with Gasteiger partial charge >= 0.3 is 6.09 Å². The van der Waals surface area contributed by atoms with E-state index in [0.29, 0.717) is 18.2 Å². The van der Waals surface area contributed by atoms with Crippen LogP contribution < -0.4 is 5.73 Å². The molecule has 0 saturated heterocycles. The number of primary amides is 1. The van der Waals surface area contributed by atoms with Crippen LogP contribution >= 0.6 is 0 Å². The lowest BCUT2D eigenvalue weighted by Crippen LogP contribution is -2.13. The van der Waals surface area contributed by atoms with Crippen molar-refractivity contribution < 1.29 is 9.53 Å². The molecule has 0 aliphatic carbocycles. The summed E-state index contributed by atoms with van der Waals surface area (Å²) in [5.41, 5.74) is 9.12. The van der Waals surface area contributed by atoms with Crippen LogP contribution in [0.3, 0.4) is 0 Å². The van der Waals surface area contributed by atoms with Crippen LogP contribution in [0.15, 0.2) is 48.5 Å². The van der Waals surface area contributed by atoms with Crippen LogP contribution in [0.1, 0.15) is 37.0 Å². The molecule has 2 heterocycles. The summed E-state index contributed by atoms with van der Waals surface area (Å²) in [7, 11) is 0. The van der Waals surface area contributed by atoms with Gasteiger partial charge in [-0.25, -0.2) is 14.5 Å². The third-order valence-corrected chi connectivity index (χ3v) is 5.00. The van der Waals surface area contributed by atoms with Crippen LogP contribution in [0.5, 0.6) is 0 Å². The predicted molar refractivity (Wildman–Crippen MR) is 117 cm³/mol. The fraction of sp³-hybridized carbons (Fsp3) is 0.273. The lowest BCUT2D eigenvalue weighted by Gasteiger charge is -2.09. The first-order valence-electron chi connectivity index (χ1n) is 10.4. The third kappa shape index (κ3) is 4.97. The molecule has 0 atom stereocenters. The number of hydrogen-bond acceptors (Lipinski definition) is 7. The van der Waals surface area contributed by atoms with Crippen molar-refractivity contribution in [3.8, 4) is 22.5 Å². The van der Waals surface area contributed by atoms with Gasteiger partial charge in [0.05, 0.1) is 6.54 Å². The number of tetrazole rings is 1. The zero-order valence-corrected chi connectivity index (χ0v) is 17.7. The fourth-order valence-electron chi connectivity index (χ4n) is 3.44. The number of amides is 1. The summed E-state index contributed by atoms with van der Waals surface area (Å²) in [5.74, 6) is 1.86. The molecule has 3 N–H and O–H groups in total. The molecule has 4 rings (SSSR count). The summed E-state index contributed by atoms with van der Waals surface area (Å²) >= 11 is 0. The van der Waals surface area contributed by atoms with Gasteiger partial charge in [-0.1, -0.05) is 61.9 Å². The van der Waals surface area contributed by atoms with Crippen molar-refractivity contribution >= 4 is 6.09 Å². The van der Waals surface area contributed by atoms with Gasteiger partial charge in [-0.05, 0) is 28.3 Å². The number of nitrogens with one attached hydrogen (secondary N) is 1. The van der Waals surface area contributed by atoms with Crippen molar-refractivity contribution in [3.63, 3.8) is 0 Å². The summed E-state index contributed by atoms with van der Waals surface area (Å²) in [6, 6.07) is 16.2. The molecule has 0 aliphatic rings. The Morgan fingerprint density at radius 1 is 1.12 bits per heavy atom. The molecule has 32 heavy (non-hydrogen) atoms. The van der Waals surface area contributed by atoms with E-state index in [4.69, 9.17) is 10.5 Å². The number of nitrogens with zero attached hydrogens (tertiary/aromatic N) is 6. The number of aromatic nitrogens is 7. The van der Waals surface area contributed by atoms with Gasteiger partial charge in [0, 0.05) is 12.0 Å². The summed E-state index contributed by atoms with van der Waals surface area (Å²) in [5, 5.41) is 18.9. The number of hydrogen-bond donors (Lipinski definition) is 2. The molecule has 0 spiro atoms. The fourth-order valence-corrected chi connectivity index (χ4v) is 3.44. The average Bonchev–Trinajstić information content (AvgIpc) is 3.47. The topological polar surface area (TPSA) is 137 Å². The molecule has 0 radical (unpaired) electrons. The minimum Gasteiger partial charge on any atom is -0.441 e. The first-order chi connectivity index (χ1) is 15.6. The Morgan fingerprint density at radius 2 is 1.91 bits per heavy atom. The van der Waals surface area contributed by atoms with Gasteiger partial charge in [0.2, 0.25) is 5.82 Å². The van der Waals surface area contributed by atoms with Crippen molar-refractivity contribution in [2.75, 3.05) is 0 Å². The van der Waals surface area contributed by atoms with E-state index in [2.05, 4.69) is 61.9 Å². The number of H-pyrrole nitrogens is 1. The first-order valence-corrected chi connectivity index (χ1v) is 10.4. The monoisotopic (exact) mass is 432 g/mol. The van der Waals surface area contributed by atoms with Crippen molar-refractivity contribution in [2.45, 2.75) is 39.3 Å². The number of rotatable bonds is 9. The quantitative estimate of drug-likeness (QED) is 0.414. The molecular formula is C22H24N8O2. The highest BCUT2D eigenvalue weighted by Crippen LogP contribution is 2.29. The second-order valence-electron chi connectivity index (χ2n) is 7.29. The Kier molecular flexibility index (Phi) is 6.49. The Labute approximate surface area is 184 Å². The molecule has 164 valence electrons. The second-order valence-corrected chi connectivity index (χ2v) is 7.29. The van der Waals surface area contributed by atoms with E-state index in [1.165, 1.54) is 0 Å². The van der Waals surface area contributed by atoms with Crippen LogP contribution in [-0.4, -0.2) is 41.5 Å². The van der Waals surface area contributed by atoms with Crippen LogP contribution in [0.2, 0.25) is 0 Å². The lowest BCUT2D eigenvalue weighted by atomic mass is 9.98. The smallest absolute Gasteiger partial charge is 0.404 e. The largest absolute Gasteiger partial charge is 0.441 e. The van der Waals surface area contributed by atoms with Crippen molar-refractivity contribution in [1.82, 2.24) is 35.4 Å². The summed E-state index contributed by atoms with van der Waals surface area (Å²) < 4.78 is 6.70. The summed E-state index contributed by atoms with van der Waals surface area (Å²) in [6.45, 7) is 2.66. The summed E-state index contributed by atoms with van der Waals surface area (Å²) in [4.78, 5) is 15.4. The molecular weight excluding hydrogens is 408 g/mol. The average molecular weight is 432 g/mol. The number of nitrogens with two attached hydrogens (primary N) is 1. The molecule has 2 aromatic carbocycles. The number of carbonyl (C=O) groups is 1. The molecule has 0 aliphatic heterocycles. The highest BCUT2D eigenvalue weighted by Gasteiger charge is 2.13. The molecule has 10 nitrogen and oxygen atoms in total.